The van der Waals surface area contributed by atoms with Crippen molar-refractivity contribution in [3.63, 3.8) is 0 Å². The molecule has 0 saturated carbocycles. The average molecular weight is 372 g/mol. The number of phenols is 2. The largest absolute Gasteiger partial charge is 0.507 e. The van der Waals surface area contributed by atoms with Crippen LogP contribution >= 0.6 is 0 Å². The van der Waals surface area contributed by atoms with E-state index in [4.69, 9.17) is 0 Å². The van der Waals surface area contributed by atoms with Gasteiger partial charge in [0.2, 0.25) is 0 Å². The topological polar surface area (TPSA) is 69.6 Å². The van der Waals surface area contributed by atoms with Crippen molar-refractivity contribution in [3.8, 4) is 11.5 Å². The van der Waals surface area contributed by atoms with E-state index in [0.29, 0.717) is 23.1 Å². The van der Waals surface area contributed by atoms with Gasteiger partial charge in [-0.05, 0) is 57.1 Å². The van der Waals surface area contributed by atoms with Crippen LogP contribution in [0.2, 0.25) is 0 Å². The van der Waals surface area contributed by atoms with E-state index in [-0.39, 0.29) is 29.2 Å². The molecule has 27 heavy (non-hydrogen) atoms. The SMILES string of the molecule is C=C(C)[C@@H]1CCC(C)=C[C@H]1c1c(O)cc(CCCCC)c(C(=O)NC)c1O. The van der Waals surface area contributed by atoms with Crippen molar-refractivity contribution in [1.29, 1.82) is 0 Å². The first-order chi connectivity index (χ1) is 12.8. The second-order valence-electron chi connectivity index (χ2n) is 7.76. The molecule has 0 unspecified atom stereocenters. The van der Waals surface area contributed by atoms with Crippen LogP contribution in [0.25, 0.3) is 0 Å². The van der Waals surface area contributed by atoms with Crippen LogP contribution in [0.15, 0.2) is 29.9 Å². The van der Waals surface area contributed by atoms with Crippen molar-refractivity contribution in [2.75, 3.05) is 7.05 Å². The highest BCUT2D eigenvalue weighted by molar-refractivity contribution is 5.99. The molecule has 4 nitrogen and oxygen atoms in total. The third-order valence-electron chi connectivity index (χ3n) is 5.62. The predicted molar refractivity (Wildman–Crippen MR) is 110 cm³/mol. The molecule has 0 aliphatic heterocycles. The second-order valence-corrected chi connectivity index (χ2v) is 7.76. The summed E-state index contributed by atoms with van der Waals surface area (Å²) in [6.07, 6.45) is 7.68. The molecule has 0 spiro atoms. The molecule has 3 N–H and O–H groups in total. The van der Waals surface area contributed by atoms with Gasteiger partial charge in [-0.3, -0.25) is 4.79 Å². The van der Waals surface area contributed by atoms with Gasteiger partial charge in [0.05, 0.1) is 5.56 Å². The van der Waals surface area contributed by atoms with Gasteiger partial charge >= 0.3 is 0 Å². The fraction of sp³-hybridized carbons (Fsp3) is 0.522. The summed E-state index contributed by atoms with van der Waals surface area (Å²) in [7, 11) is 1.56. The minimum atomic E-state index is -0.316. The standard InChI is InChI=1S/C23H33NO3/c1-6-7-8-9-16-13-19(25)21(22(26)20(16)23(27)24-5)18-12-15(4)10-11-17(18)14(2)3/h12-13,17-18,25-26H,2,6-11H2,1,3-5H3,(H,24,27)/t17-,18+/m0/s1. The first kappa shape index (κ1) is 21.1. The Morgan fingerprint density at radius 1 is 1.33 bits per heavy atom. The molecule has 2 rings (SSSR count). The van der Waals surface area contributed by atoms with Gasteiger partial charge in [-0.1, -0.05) is 43.6 Å². The molecule has 0 bridgehead atoms. The Morgan fingerprint density at radius 3 is 2.63 bits per heavy atom. The highest BCUT2D eigenvalue weighted by Gasteiger charge is 2.32. The fourth-order valence-corrected chi connectivity index (χ4v) is 4.10. The molecule has 1 amide bonds. The maximum atomic E-state index is 12.5. The van der Waals surface area contributed by atoms with E-state index in [2.05, 4.69) is 31.8 Å². The quantitative estimate of drug-likeness (QED) is 0.455. The fourth-order valence-electron chi connectivity index (χ4n) is 4.10. The highest BCUT2D eigenvalue weighted by Crippen LogP contribution is 2.48. The first-order valence-corrected chi connectivity index (χ1v) is 9.94. The summed E-state index contributed by atoms with van der Waals surface area (Å²) in [5.74, 6) is -0.390. The lowest BCUT2D eigenvalue weighted by atomic mass is 9.73. The van der Waals surface area contributed by atoms with Gasteiger partial charge in [0.15, 0.2) is 0 Å². The van der Waals surface area contributed by atoms with Crippen LogP contribution in [0, 0.1) is 5.92 Å². The summed E-state index contributed by atoms with van der Waals surface area (Å²) < 4.78 is 0. The van der Waals surface area contributed by atoms with E-state index in [0.717, 1.165) is 37.7 Å². The van der Waals surface area contributed by atoms with E-state index in [1.54, 1.807) is 13.1 Å². The monoisotopic (exact) mass is 371 g/mol. The maximum absolute atomic E-state index is 12.5. The number of aryl methyl sites for hydroxylation is 1. The van der Waals surface area contributed by atoms with Crippen LogP contribution in [0.3, 0.4) is 0 Å². The number of amides is 1. The van der Waals surface area contributed by atoms with Gasteiger partial charge < -0.3 is 15.5 Å². The van der Waals surface area contributed by atoms with Gasteiger partial charge in [0.1, 0.15) is 11.5 Å². The summed E-state index contributed by atoms with van der Waals surface area (Å²) in [4.78, 5) is 12.5. The lowest BCUT2D eigenvalue weighted by Gasteiger charge is -2.32. The molecule has 1 aromatic carbocycles. The summed E-state index contributed by atoms with van der Waals surface area (Å²) in [5.41, 5.74) is 3.68. The van der Waals surface area contributed by atoms with Crippen LogP contribution in [0.4, 0.5) is 0 Å². The number of benzene rings is 1. The number of carbonyl (C=O) groups is 1. The highest BCUT2D eigenvalue weighted by atomic mass is 16.3. The molecule has 1 aliphatic carbocycles. The van der Waals surface area contributed by atoms with Crippen molar-refractivity contribution >= 4 is 5.91 Å². The molecule has 0 heterocycles. The Bertz CT molecular complexity index is 748. The van der Waals surface area contributed by atoms with Crippen molar-refractivity contribution in [1.82, 2.24) is 5.32 Å². The number of carbonyl (C=O) groups excluding carboxylic acids is 1. The zero-order chi connectivity index (χ0) is 20.1. The normalized spacial score (nSPS) is 19.5. The van der Waals surface area contributed by atoms with Crippen molar-refractivity contribution in [2.45, 2.75) is 65.2 Å². The Balaban J connectivity index is 2.61. The zero-order valence-electron chi connectivity index (χ0n) is 17.1. The van der Waals surface area contributed by atoms with Crippen molar-refractivity contribution < 1.29 is 15.0 Å². The summed E-state index contributed by atoms with van der Waals surface area (Å²) in [6, 6.07) is 1.67. The Kier molecular flexibility index (Phi) is 7.11. The van der Waals surface area contributed by atoms with Crippen LogP contribution in [0.1, 0.15) is 80.3 Å². The van der Waals surface area contributed by atoms with Gasteiger partial charge in [-0.2, -0.15) is 0 Å². The summed E-state index contributed by atoms with van der Waals surface area (Å²) >= 11 is 0. The van der Waals surface area contributed by atoms with Crippen LogP contribution < -0.4 is 5.32 Å². The van der Waals surface area contributed by atoms with E-state index in [1.165, 1.54) is 5.57 Å². The smallest absolute Gasteiger partial charge is 0.255 e. The molecule has 0 saturated heterocycles. The van der Waals surface area contributed by atoms with Crippen LogP contribution in [0.5, 0.6) is 11.5 Å². The number of phenolic OH excluding ortho intramolecular Hbond substituents is 2. The Morgan fingerprint density at radius 2 is 2.04 bits per heavy atom. The van der Waals surface area contributed by atoms with E-state index in [9.17, 15) is 15.0 Å². The number of nitrogens with one attached hydrogen (secondary N) is 1. The molecular formula is C23H33NO3. The van der Waals surface area contributed by atoms with Gasteiger partial charge in [-0.15, -0.1) is 0 Å². The number of unbranched alkanes of at least 4 members (excludes halogenated alkanes) is 2. The first-order valence-electron chi connectivity index (χ1n) is 9.94. The van der Waals surface area contributed by atoms with Crippen molar-refractivity contribution in [2.24, 2.45) is 5.92 Å². The second kappa shape index (κ2) is 9.12. The Labute approximate surface area is 163 Å². The lowest BCUT2D eigenvalue weighted by Crippen LogP contribution is -2.22. The predicted octanol–water partition coefficient (Wildman–Crippen LogP) is 5.21. The third kappa shape index (κ3) is 4.55. The van der Waals surface area contributed by atoms with Gasteiger partial charge in [0, 0.05) is 18.5 Å². The van der Waals surface area contributed by atoms with E-state index >= 15 is 0 Å². The molecular weight excluding hydrogens is 338 g/mol. The van der Waals surface area contributed by atoms with Crippen molar-refractivity contribution in [3.05, 3.63) is 46.6 Å². The molecule has 148 valence electrons. The van der Waals surface area contributed by atoms with E-state index in [1.807, 2.05) is 6.92 Å². The van der Waals surface area contributed by atoms with Crippen LogP contribution in [-0.2, 0) is 6.42 Å². The van der Waals surface area contributed by atoms with Gasteiger partial charge in [-0.25, -0.2) is 0 Å². The van der Waals surface area contributed by atoms with Crippen LogP contribution in [-0.4, -0.2) is 23.2 Å². The number of rotatable bonds is 7. The lowest BCUT2D eigenvalue weighted by molar-refractivity contribution is 0.0959. The maximum Gasteiger partial charge on any atom is 0.255 e. The summed E-state index contributed by atoms with van der Waals surface area (Å²) in [5, 5.41) is 24.5. The Hall–Kier alpha value is -2.23. The minimum absolute atomic E-state index is 0.0638. The molecule has 1 aromatic rings. The molecule has 0 radical (unpaired) electrons. The molecule has 4 heteroatoms. The number of hydrogen-bond donors (Lipinski definition) is 3. The number of hydrogen-bond acceptors (Lipinski definition) is 3. The van der Waals surface area contributed by atoms with Gasteiger partial charge in [0.25, 0.3) is 5.91 Å². The number of allylic oxidation sites excluding steroid dienone is 3. The average Bonchev–Trinajstić information content (AvgIpc) is 2.61. The third-order valence-corrected chi connectivity index (χ3v) is 5.62. The molecule has 2 atom stereocenters. The zero-order valence-corrected chi connectivity index (χ0v) is 17.1. The van der Waals surface area contributed by atoms with E-state index < -0.39 is 0 Å². The summed E-state index contributed by atoms with van der Waals surface area (Å²) in [6.45, 7) is 10.3. The minimum Gasteiger partial charge on any atom is -0.507 e. The molecule has 0 aromatic heterocycles. The molecule has 0 fully saturated rings. The molecule has 1 aliphatic rings. The number of aromatic hydroxyl groups is 2.